The molecule has 0 radical (unpaired) electrons. The predicted molar refractivity (Wildman–Crippen MR) is 105 cm³/mol. The van der Waals surface area contributed by atoms with E-state index in [1.807, 2.05) is 44.2 Å². The van der Waals surface area contributed by atoms with Crippen molar-refractivity contribution in [1.29, 1.82) is 0 Å². The van der Waals surface area contributed by atoms with E-state index in [0.717, 1.165) is 31.4 Å². The lowest BCUT2D eigenvalue weighted by Crippen LogP contribution is -2.30. The minimum absolute atomic E-state index is 0.0211. The summed E-state index contributed by atoms with van der Waals surface area (Å²) >= 11 is 0. The van der Waals surface area contributed by atoms with E-state index in [-0.39, 0.29) is 24.4 Å². The summed E-state index contributed by atoms with van der Waals surface area (Å²) in [4.78, 5) is 0. The molecule has 5 nitrogen and oxygen atoms in total. The first-order valence-electron chi connectivity index (χ1n) is 10.2. The Morgan fingerprint density at radius 1 is 1.07 bits per heavy atom. The van der Waals surface area contributed by atoms with Crippen LogP contribution < -0.4 is 0 Å². The molecule has 0 aliphatic carbocycles. The van der Waals surface area contributed by atoms with Crippen molar-refractivity contribution >= 4 is 0 Å². The highest BCUT2D eigenvalue weighted by atomic mass is 16.7. The van der Waals surface area contributed by atoms with E-state index in [1.165, 1.54) is 5.56 Å². The van der Waals surface area contributed by atoms with Gasteiger partial charge in [0.05, 0.1) is 43.9 Å². The topological polar surface area (TPSA) is 50.1 Å². The molecule has 2 fully saturated rings. The Labute approximate surface area is 166 Å². The molecular formula is C23H30O5. The summed E-state index contributed by atoms with van der Waals surface area (Å²) in [6.07, 6.45) is 5.53. The van der Waals surface area contributed by atoms with Gasteiger partial charge in [-0.3, -0.25) is 0 Å². The molecule has 5 heteroatoms. The molecule has 0 N–H and O–H groups in total. The van der Waals surface area contributed by atoms with Crippen molar-refractivity contribution in [2.24, 2.45) is 0 Å². The number of hydrogen-bond donors (Lipinski definition) is 0. The van der Waals surface area contributed by atoms with Gasteiger partial charge in [-0.15, -0.1) is 0 Å². The third-order valence-corrected chi connectivity index (χ3v) is 5.44. The van der Waals surface area contributed by atoms with Crippen molar-refractivity contribution < 1.29 is 23.4 Å². The molecule has 4 atom stereocenters. The van der Waals surface area contributed by atoms with Gasteiger partial charge in [-0.05, 0) is 38.0 Å². The maximum absolute atomic E-state index is 6.39. The zero-order valence-electron chi connectivity index (χ0n) is 16.7. The maximum atomic E-state index is 6.39. The molecule has 28 heavy (non-hydrogen) atoms. The Morgan fingerprint density at radius 2 is 1.93 bits per heavy atom. The van der Waals surface area contributed by atoms with Crippen LogP contribution in [0.2, 0.25) is 0 Å². The van der Waals surface area contributed by atoms with Gasteiger partial charge in [-0.25, -0.2) is 0 Å². The number of aryl methyl sites for hydroxylation is 1. The molecule has 2 aliphatic heterocycles. The van der Waals surface area contributed by atoms with Gasteiger partial charge in [0.1, 0.15) is 5.76 Å². The molecule has 152 valence electrons. The molecule has 2 saturated heterocycles. The Morgan fingerprint density at radius 3 is 2.64 bits per heavy atom. The molecule has 0 amide bonds. The lowest BCUT2D eigenvalue weighted by atomic mass is 10.0. The molecular weight excluding hydrogens is 356 g/mol. The summed E-state index contributed by atoms with van der Waals surface area (Å²) in [5, 5.41) is 0. The first kappa shape index (κ1) is 19.6. The molecule has 4 rings (SSSR count). The normalized spacial score (nSPS) is 29.4. The number of hydrogen-bond acceptors (Lipinski definition) is 5. The predicted octanol–water partition coefficient (Wildman–Crippen LogP) is 4.50. The quantitative estimate of drug-likeness (QED) is 0.669. The van der Waals surface area contributed by atoms with E-state index in [1.54, 1.807) is 6.26 Å². The largest absolute Gasteiger partial charge is 0.469 e. The fourth-order valence-electron chi connectivity index (χ4n) is 4.04. The van der Waals surface area contributed by atoms with Crippen LogP contribution in [0.3, 0.4) is 0 Å². The van der Waals surface area contributed by atoms with Gasteiger partial charge in [0.2, 0.25) is 0 Å². The van der Waals surface area contributed by atoms with Gasteiger partial charge >= 0.3 is 0 Å². The van der Waals surface area contributed by atoms with Crippen LogP contribution in [0.4, 0.5) is 0 Å². The lowest BCUT2D eigenvalue weighted by Gasteiger charge is -2.23. The molecule has 1 unspecified atom stereocenters. The van der Waals surface area contributed by atoms with E-state index in [0.29, 0.717) is 13.2 Å². The molecule has 1 aromatic heterocycles. The van der Waals surface area contributed by atoms with E-state index in [4.69, 9.17) is 23.4 Å². The SMILES string of the molecule is CC1(C)OC[C@@H](C[C@H]2OC(CCc3ccco3)C[C@H]2OCc2ccccc2)O1. The molecule has 0 saturated carbocycles. The molecule has 0 bridgehead atoms. The van der Waals surface area contributed by atoms with Crippen LogP contribution in [0.15, 0.2) is 53.1 Å². The fraction of sp³-hybridized carbons (Fsp3) is 0.565. The highest BCUT2D eigenvalue weighted by Gasteiger charge is 2.41. The fourth-order valence-corrected chi connectivity index (χ4v) is 4.04. The summed E-state index contributed by atoms with van der Waals surface area (Å²) in [6.45, 7) is 5.12. The van der Waals surface area contributed by atoms with E-state index in [2.05, 4.69) is 12.1 Å². The van der Waals surface area contributed by atoms with Crippen molar-refractivity contribution in [1.82, 2.24) is 0 Å². The van der Waals surface area contributed by atoms with Crippen LogP contribution in [-0.4, -0.2) is 36.8 Å². The smallest absolute Gasteiger partial charge is 0.163 e. The number of furan rings is 1. The van der Waals surface area contributed by atoms with Crippen molar-refractivity contribution in [2.45, 2.75) is 76.3 Å². The van der Waals surface area contributed by atoms with Crippen LogP contribution in [0, 0.1) is 0 Å². The highest BCUT2D eigenvalue weighted by molar-refractivity contribution is 5.13. The van der Waals surface area contributed by atoms with Crippen molar-refractivity contribution in [3.8, 4) is 0 Å². The summed E-state index contributed by atoms with van der Waals surface area (Å²) in [7, 11) is 0. The Balaban J connectivity index is 1.35. The number of benzene rings is 1. The first-order valence-corrected chi connectivity index (χ1v) is 10.2. The van der Waals surface area contributed by atoms with Gasteiger partial charge in [0.15, 0.2) is 5.79 Å². The summed E-state index contributed by atoms with van der Waals surface area (Å²) < 4.78 is 29.9. The van der Waals surface area contributed by atoms with E-state index < -0.39 is 5.79 Å². The first-order chi connectivity index (χ1) is 13.6. The van der Waals surface area contributed by atoms with Gasteiger partial charge in [0, 0.05) is 19.3 Å². The molecule has 2 aliphatic rings. The van der Waals surface area contributed by atoms with Gasteiger partial charge in [-0.2, -0.15) is 0 Å². The second kappa shape index (κ2) is 8.78. The molecule has 1 aromatic carbocycles. The Hall–Kier alpha value is -1.66. The highest BCUT2D eigenvalue weighted by Crippen LogP contribution is 2.33. The lowest BCUT2D eigenvalue weighted by molar-refractivity contribution is -0.144. The minimum Gasteiger partial charge on any atom is -0.469 e. The second-order valence-electron chi connectivity index (χ2n) is 8.17. The number of rotatable bonds is 8. The van der Waals surface area contributed by atoms with Gasteiger partial charge in [0.25, 0.3) is 0 Å². The second-order valence-corrected chi connectivity index (χ2v) is 8.17. The number of ether oxygens (including phenoxy) is 4. The zero-order valence-corrected chi connectivity index (χ0v) is 16.7. The third kappa shape index (κ3) is 5.23. The zero-order chi connectivity index (χ0) is 19.4. The standard InChI is InChI=1S/C23H30O5/c1-23(2)26-16-20(28-23)14-22-21(25-15-17-7-4-3-5-8-17)13-19(27-22)11-10-18-9-6-12-24-18/h3-9,12,19-22H,10-11,13-16H2,1-2H3/t19?,20-,21-,22-/m1/s1. The van der Waals surface area contributed by atoms with Gasteiger partial charge < -0.3 is 23.4 Å². The van der Waals surface area contributed by atoms with Crippen LogP contribution in [0.1, 0.15) is 44.4 Å². The van der Waals surface area contributed by atoms with Crippen LogP contribution in [-0.2, 0) is 32.0 Å². The van der Waals surface area contributed by atoms with Crippen LogP contribution >= 0.6 is 0 Å². The minimum atomic E-state index is -0.512. The summed E-state index contributed by atoms with van der Waals surface area (Å²) in [6, 6.07) is 14.2. The monoisotopic (exact) mass is 386 g/mol. The Bertz CT molecular complexity index is 712. The van der Waals surface area contributed by atoms with E-state index in [9.17, 15) is 0 Å². The molecule has 0 spiro atoms. The molecule has 2 aromatic rings. The third-order valence-electron chi connectivity index (χ3n) is 5.44. The van der Waals surface area contributed by atoms with Crippen LogP contribution in [0.25, 0.3) is 0 Å². The van der Waals surface area contributed by atoms with Crippen molar-refractivity contribution in [2.75, 3.05) is 6.61 Å². The van der Waals surface area contributed by atoms with Crippen LogP contribution in [0.5, 0.6) is 0 Å². The van der Waals surface area contributed by atoms with E-state index >= 15 is 0 Å². The average molecular weight is 386 g/mol. The average Bonchev–Trinajstić information content (AvgIpc) is 3.40. The Kier molecular flexibility index (Phi) is 6.16. The maximum Gasteiger partial charge on any atom is 0.163 e. The summed E-state index contributed by atoms with van der Waals surface area (Å²) in [5.41, 5.74) is 1.18. The van der Waals surface area contributed by atoms with Crippen molar-refractivity contribution in [3.63, 3.8) is 0 Å². The molecule has 3 heterocycles. The summed E-state index contributed by atoms with van der Waals surface area (Å²) in [5.74, 6) is 0.491. The van der Waals surface area contributed by atoms with Crippen molar-refractivity contribution in [3.05, 3.63) is 60.1 Å². The van der Waals surface area contributed by atoms with Gasteiger partial charge in [-0.1, -0.05) is 30.3 Å².